The van der Waals surface area contributed by atoms with Crippen LogP contribution in [0.15, 0.2) is 18.3 Å². The summed E-state index contributed by atoms with van der Waals surface area (Å²) < 4.78 is 16.0. The Morgan fingerprint density at radius 3 is 3.10 bits per heavy atom. The van der Waals surface area contributed by atoms with Crippen LogP contribution in [0.3, 0.4) is 0 Å². The molecular weight excluding hydrogens is 282 g/mol. The van der Waals surface area contributed by atoms with Gasteiger partial charge in [0.05, 0.1) is 12.7 Å². The van der Waals surface area contributed by atoms with Crippen molar-refractivity contribution < 1.29 is 19.0 Å². The first-order valence-electron chi connectivity index (χ1n) is 6.65. The maximum Gasteiger partial charge on any atom is 0.335 e. The van der Waals surface area contributed by atoms with Crippen LogP contribution >= 0.6 is 11.6 Å². The van der Waals surface area contributed by atoms with Crippen molar-refractivity contribution in [1.82, 2.24) is 4.98 Å². The van der Waals surface area contributed by atoms with Gasteiger partial charge in [0.15, 0.2) is 6.10 Å². The molecule has 1 aromatic heterocycles. The van der Waals surface area contributed by atoms with Crippen molar-refractivity contribution in [2.45, 2.75) is 38.6 Å². The number of pyridine rings is 1. The Morgan fingerprint density at radius 2 is 2.45 bits per heavy atom. The van der Waals surface area contributed by atoms with Crippen molar-refractivity contribution in [3.05, 3.63) is 29.0 Å². The molecule has 0 N–H and O–H groups in total. The highest BCUT2D eigenvalue weighted by Gasteiger charge is 2.20. The molecule has 0 aliphatic carbocycles. The van der Waals surface area contributed by atoms with Gasteiger partial charge in [-0.25, -0.2) is 9.78 Å². The summed E-state index contributed by atoms with van der Waals surface area (Å²) in [5.74, 6) is -0.391. The van der Waals surface area contributed by atoms with Crippen LogP contribution in [0.25, 0.3) is 0 Å². The van der Waals surface area contributed by atoms with Crippen molar-refractivity contribution in [2.75, 3.05) is 13.2 Å². The van der Waals surface area contributed by atoms with Crippen molar-refractivity contribution in [3.8, 4) is 0 Å². The second kappa shape index (κ2) is 7.57. The van der Waals surface area contributed by atoms with E-state index in [9.17, 15) is 4.79 Å². The number of aromatic nitrogens is 1. The Balaban J connectivity index is 1.69. The van der Waals surface area contributed by atoms with Crippen LogP contribution in [-0.4, -0.2) is 36.4 Å². The molecule has 0 aromatic carbocycles. The van der Waals surface area contributed by atoms with Crippen LogP contribution in [0.2, 0.25) is 5.15 Å². The Morgan fingerprint density at radius 1 is 1.60 bits per heavy atom. The number of carbonyl (C=O) groups is 1. The van der Waals surface area contributed by atoms with E-state index >= 15 is 0 Å². The van der Waals surface area contributed by atoms with Gasteiger partial charge >= 0.3 is 5.97 Å². The Bertz CT molecular complexity index is 431. The molecule has 0 spiro atoms. The minimum absolute atomic E-state index is 0.103. The zero-order chi connectivity index (χ0) is 14.4. The third-order valence-electron chi connectivity index (χ3n) is 3.06. The number of carbonyl (C=O) groups excluding carboxylic acids is 1. The summed E-state index contributed by atoms with van der Waals surface area (Å²) in [4.78, 5) is 15.7. The number of hydrogen-bond acceptors (Lipinski definition) is 5. The third kappa shape index (κ3) is 4.74. The molecule has 0 bridgehead atoms. The SMILES string of the molecule is CC(OCC1CCCO1)C(=O)OCc1ccc(Cl)nc1. The van der Waals surface area contributed by atoms with Gasteiger partial charge < -0.3 is 14.2 Å². The van der Waals surface area contributed by atoms with E-state index in [4.69, 9.17) is 25.8 Å². The largest absolute Gasteiger partial charge is 0.459 e. The Labute approximate surface area is 123 Å². The van der Waals surface area contributed by atoms with E-state index in [0.29, 0.717) is 11.8 Å². The monoisotopic (exact) mass is 299 g/mol. The number of hydrogen-bond donors (Lipinski definition) is 0. The Kier molecular flexibility index (Phi) is 5.76. The second-order valence-corrected chi connectivity index (χ2v) is 5.09. The normalized spacial score (nSPS) is 19.8. The topological polar surface area (TPSA) is 57.7 Å². The van der Waals surface area contributed by atoms with E-state index < -0.39 is 12.1 Å². The van der Waals surface area contributed by atoms with Crippen LogP contribution in [0.1, 0.15) is 25.3 Å². The molecule has 0 amide bonds. The van der Waals surface area contributed by atoms with Gasteiger partial charge in [0.1, 0.15) is 11.8 Å². The average Bonchev–Trinajstić information content (AvgIpc) is 2.97. The minimum Gasteiger partial charge on any atom is -0.459 e. The standard InChI is InChI=1S/C14H18ClNO4/c1-10(19-9-12-3-2-6-18-12)14(17)20-8-11-4-5-13(15)16-7-11/h4-5,7,10,12H,2-3,6,8-9H2,1H3. The molecule has 2 atom stereocenters. The predicted molar refractivity (Wildman–Crippen MR) is 73.4 cm³/mol. The van der Waals surface area contributed by atoms with E-state index in [1.807, 2.05) is 0 Å². The molecule has 1 aliphatic heterocycles. The lowest BCUT2D eigenvalue weighted by molar-refractivity contribution is -0.159. The van der Waals surface area contributed by atoms with Crippen LogP contribution < -0.4 is 0 Å². The summed E-state index contributed by atoms with van der Waals surface area (Å²) in [6, 6.07) is 3.42. The maximum absolute atomic E-state index is 11.8. The molecule has 2 heterocycles. The number of halogens is 1. The van der Waals surface area contributed by atoms with Gasteiger partial charge in [-0.05, 0) is 25.8 Å². The van der Waals surface area contributed by atoms with E-state index in [-0.39, 0.29) is 12.7 Å². The van der Waals surface area contributed by atoms with Gasteiger partial charge in [0.25, 0.3) is 0 Å². The minimum atomic E-state index is -0.598. The molecule has 1 aromatic rings. The fraction of sp³-hybridized carbons (Fsp3) is 0.571. The summed E-state index contributed by atoms with van der Waals surface area (Å²) in [6.45, 7) is 3.04. The van der Waals surface area contributed by atoms with E-state index in [1.165, 1.54) is 0 Å². The highest BCUT2D eigenvalue weighted by molar-refractivity contribution is 6.29. The first-order chi connectivity index (χ1) is 9.65. The molecule has 5 nitrogen and oxygen atoms in total. The average molecular weight is 300 g/mol. The number of ether oxygens (including phenoxy) is 3. The molecule has 110 valence electrons. The van der Waals surface area contributed by atoms with E-state index in [0.717, 1.165) is 25.0 Å². The lowest BCUT2D eigenvalue weighted by atomic mass is 10.2. The van der Waals surface area contributed by atoms with Gasteiger partial charge in [-0.3, -0.25) is 0 Å². The van der Waals surface area contributed by atoms with Crippen LogP contribution in [0.4, 0.5) is 0 Å². The molecule has 1 fully saturated rings. The summed E-state index contributed by atoms with van der Waals surface area (Å²) in [5.41, 5.74) is 0.786. The first-order valence-corrected chi connectivity index (χ1v) is 7.03. The van der Waals surface area contributed by atoms with Crippen LogP contribution in [0, 0.1) is 0 Å². The van der Waals surface area contributed by atoms with Crippen molar-refractivity contribution in [1.29, 1.82) is 0 Å². The first kappa shape index (κ1) is 15.2. The fourth-order valence-electron chi connectivity index (χ4n) is 1.86. The van der Waals surface area contributed by atoms with Crippen molar-refractivity contribution >= 4 is 17.6 Å². The smallest absolute Gasteiger partial charge is 0.335 e. The summed E-state index contributed by atoms with van der Waals surface area (Å²) in [7, 11) is 0. The zero-order valence-electron chi connectivity index (χ0n) is 11.4. The molecule has 2 unspecified atom stereocenters. The number of rotatable bonds is 6. The summed E-state index contributed by atoms with van der Waals surface area (Å²) >= 11 is 5.68. The maximum atomic E-state index is 11.8. The van der Waals surface area contributed by atoms with Crippen molar-refractivity contribution in [2.24, 2.45) is 0 Å². The fourth-order valence-corrected chi connectivity index (χ4v) is 1.97. The highest BCUT2D eigenvalue weighted by atomic mass is 35.5. The molecule has 2 rings (SSSR count). The molecular formula is C14H18ClNO4. The lowest BCUT2D eigenvalue weighted by Gasteiger charge is -2.15. The quantitative estimate of drug-likeness (QED) is 0.596. The molecule has 1 saturated heterocycles. The van der Waals surface area contributed by atoms with Gasteiger partial charge in [-0.2, -0.15) is 0 Å². The number of nitrogens with zero attached hydrogens (tertiary/aromatic N) is 1. The summed E-state index contributed by atoms with van der Waals surface area (Å²) in [6.07, 6.45) is 3.12. The van der Waals surface area contributed by atoms with Crippen LogP contribution in [0.5, 0.6) is 0 Å². The van der Waals surface area contributed by atoms with Gasteiger partial charge in [0.2, 0.25) is 0 Å². The summed E-state index contributed by atoms with van der Waals surface area (Å²) in [5, 5.41) is 0.411. The van der Waals surface area contributed by atoms with Gasteiger partial charge in [-0.1, -0.05) is 17.7 Å². The molecule has 0 saturated carbocycles. The van der Waals surface area contributed by atoms with Gasteiger partial charge in [-0.15, -0.1) is 0 Å². The van der Waals surface area contributed by atoms with E-state index in [1.54, 1.807) is 25.3 Å². The molecule has 0 radical (unpaired) electrons. The number of esters is 1. The predicted octanol–water partition coefficient (Wildman–Crippen LogP) is 2.36. The van der Waals surface area contributed by atoms with Gasteiger partial charge in [0, 0.05) is 18.4 Å². The highest BCUT2D eigenvalue weighted by Crippen LogP contribution is 2.13. The molecule has 6 heteroatoms. The third-order valence-corrected chi connectivity index (χ3v) is 3.28. The zero-order valence-corrected chi connectivity index (χ0v) is 12.1. The van der Waals surface area contributed by atoms with Crippen LogP contribution in [-0.2, 0) is 25.6 Å². The van der Waals surface area contributed by atoms with E-state index in [2.05, 4.69) is 4.98 Å². The Hall–Kier alpha value is -1.17. The lowest BCUT2D eigenvalue weighted by Crippen LogP contribution is -2.27. The molecule has 20 heavy (non-hydrogen) atoms. The van der Waals surface area contributed by atoms with Crippen molar-refractivity contribution in [3.63, 3.8) is 0 Å². The second-order valence-electron chi connectivity index (χ2n) is 4.71. The molecule has 1 aliphatic rings.